The van der Waals surface area contributed by atoms with E-state index in [9.17, 15) is 9.59 Å². The third kappa shape index (κ3) is 10.0. The molecule has 0 heterocycles. The number of carbonyl (C=O) groups is 2. The van der Waals surface area contributed by atoms with Gasteiger partial charge >= 0.3 is 5.97 Å². The second-order valence-corrected chi connectivity index (χ2v) is 4.95. The van der Waals surface area contributed by atoms with Crippen LogP contribution in [0.15, 0.2) is 0 Å². The Morgan fingerprint density at radius 2 is 1.78 bits per heavy atom. The Labute approximate surface area is 109 Å². The van der Waals surface area contributed by atoms with E-state index in [0.717, 1.165) is 6.54 Å². The number of carbonyl (C=O) groups excluding carboxylic acids is 1. The zero-order valence-corrected chi connectivity index (χ0v) is 11.8. The molecule has 6 heteroatoms. The van der Waals surface area contributed by atoms with Gasteiger partial charge in [-0.1, -0.05) is 0 Å². The van der Waals surface area contributed by atoms with Crippen molar-refractivity contribution in [2.45, 2.75) is 26.3 Å². The van der Waals surface area contributed by atoms with Crippen molar-refractivity contribution in [1.29, 1.82) is 0 Å². The number of carboxylic acid groups (broad SMARTS) is 1. The minimum atomic E-state index is -0.863. The summed E-state index contributed by atoms with van der Waals surface area (Å²) in [4.78, 5) is 26.0. The van der Waals surface area contributed by atoms with E-state index in [2.05, 4.69) is 5.32 Å². The first kappa shape index (κ1) is 16.9. The fraction of sp³-hybridized carbons (Fsp3) is 0.833. The second-order valence-electron chi connectivity index (χ2n) is 4.95. The summed E-state index contributed by atoms with van der Waals surface area (Å²) in [5, 5.41) is 11.6. The summed E-state index contributed by atoms with van der Waals surface area (Å²) in [6.07, 6.45) is 0.332. The van der Waals surface area contributed by atoms with Gasteiger partial charge in [0.2, 0.25) is 5.91 Å². The van der Waals surface area contributed by atoms with Gasteiger partial charge < -0.3 is 15.3 Å². The smallest absolute Gasteiger partial charge is 0.317 e. The number of likely N-dealkylation sites (N-methyl/N-ethyl adjacent to an activating group) is 1. The molecule has 0 aliphatic rings. The molecule has 0 bridgehead atoms. The number of nitrogens with one attached hydrogen (secondary N) is 1. The fourth-order valence-electron chi connectivity index (χ4n) is 1.46. The summed E-state index contributed by atoms with van der Waals surface area (Å²) in [6, 6.07) is 0.118. The van der Waals surface area contributed by atoms with Gasteiger partial charge in [-0.3, -0.25) is 14.5 Å². The van der Waals surface area contributed by atoms with E-state index in [1.54, 1.807) is 4.90 Å². The fourth-order valence-corrected chi connectivity index (χ4v) is 1.46. The second kappa shape index (κ2) is 8.88. The van der Waals surface area contributed by atoms with E-state index in [0.29, 0.717) is 19.5 Å². The first-order chi connectivity index (χ1) is 8.31. The average Bonchev–Trinajstić information content (AvgIpc) is 2.20. The Kier molecular flexibility index (Phi) is 8.32. The van der Waals surface area contributed by atoms with E-state index in [4.69, 9.17) is 5.11 Å². The Hall–Kier alpha value is -1.14. The SMILES string of the molecule is CC(C)NC(=O)CCN(CCN(C)C)CC(=O)O. The molecule has 0 aromatic rings. The summed E-state index contributed by atoms with van der Waals surface area (Å²) in [6.45, 7) is 5.67. The van der Waals surface area contributed by atoms with Crippen LogP contribution in [-0.4, -0.2) is 73.1 Å². The molecule has 2 N–H and O–H groups in total. The molecule has 0 aromatic carbocycles. The number of rotatable bonds is 9. The minimum absolute atomic E-state index is 0.0250. The lowest BCUT2D eigenvalue weighted by molar-refractivity contribution is -0.138. The van der Waals surface area contributed by atoms with Crippen LogP contribution < -0.4 is 5.32 Å². The average molecular weight is 259 g/mol. The van der Waals surface area contributed by atoms with Gasteiger partial charge in [-0.05, 0) is 27.9 Å². The monoisotopic (exact) mass is 259 g/mol. The van der Waals surface area contributed by atoms with Crippen molar-refractivity contribution >= 4 is 11.9 Å². The Morgan fingerprint density at radius 1 is 1.17 bits per heavy atom. The third-order valence-corrected chi connectivity index (χ3v) is 2.33. The van der Waals surface area contributed by atoms with E-state index in [1.165, 1.54) is 0 Å². The van der Waals surface area contributed by atoms with E-state index in [1.807, 2.05) is 32.8 Å². The van der Waals surface area contributed by atoms with E-state index < -0.39 is 5.97 Å². The predicted molar refractivity (Wildman–Crippen MR) is 70.5 cm³/mol. The van der Waals surface area contributed by atoms with Gasteiger partial charge in [0.15, 0.2) is 0 Å². The van der Waals surface area contributed by atoms with E-state index in [-0.39, 0.29) is 18.5 Å². The lowest BCUT2D eigenvalue weighted by Gasteiger charge is -2.22. The van der Waals surface area contributed by atoms with Crippen LogP contribution in [-0.2, 0) is 9.59 Å². The van der Waals surface area contributed by atoms with Crippen molar-refractivity contribution < 1.29 is 14.7 Å². The predicted octanol–water partition coefficient (Wildman–Crippen LogP) is -0.151. The van der Waals surface area contributed by atoms with Crippen molar-refractivity contribution in [3.05, 3.63) is 0 Å². The van der Waals surface area contributed by atoms with Gasteiger partial charge in [0.1, 0.15) is 0 Å². The van der Waals surface area contributed by atoms with Crippen molar-refractivity contribution in [2.24, 2.45) is 0 Å². The molecular weight excluding hydrogens is 234 g/mol. The molecule has 18 heavy (non-hydrogen) atoms. The molecule has 0 radical (unpaired) electrons. The largest absolute Gasteiger partial charge is 0.480 e. The standard InChI is InChI=1S/C12H25N3O3/c1-10(2)13-11(16)5-6-15(9-12(17)18)8-7-14(3)4/h10H,5-9H2,1-4H3,(H,13,16)(H,17,18). The summed E-state index contributed by atoms with van der Waals surface area (Å²) in [5.41, 5.74) is 0. The Morgan fingerprint density at radius 3 is 2.22 bits per heavy atom. The normalized spacial score (nSPS) is 11.3. The van der Waals surface area contributed by atoms with Crippen LogP contribution in [0, 0.1) is 0 Å². The highest BCUT2D eigenvalue weighted by Crippen LogP contribution is 1.94. The lowest BCUT2D eigenvalue weighted by Crippen LogP contribution is -2.39. The number of nitrogens with zero attached hydrogens (tertiary/aromatic N) is 2. The van der Waals surface area contributed by atoms with Gasteiger partial charge in [0, 0.05) is 32.1 Å². The Balaban J connectivity index is 4.06. The quantitative estimate of drug-likeness (QED) is 0.602. The van der Waals surface area contributed by atoms with Crippen LogP contribution in [0.5, 0.6) is 0 Å². The maximum Gasteiger partial charge on any atom is 0.317 e. The highest BCUT2D eigenvalue weighted by molar-refractivity contribution is 5.76. The molecule has 0 unspecified atom stereocenters. The maximum absolute atomic E-state index is 11.5. The van der Waals surface area contributed by atoms with Crippen LogP contribution in [0.1, 0.15) is 20.3 Å². The molecule has 0 rings (SSSR count). The first-order valence-corrected chi connectivity index (χ1v) is 6.19. The molecule has 0 aliphatic carbocycles. The van der Waals surface area contributed by atoms with Crippen LogP contribution in [0.25, 0.3) is 0 Å². The molecule has 0 saturated carbocycles. The summed E-state index contributed by atoms with van der Waals surface area (Å²) >= 11 is 0. The summed E-state index contributed by atoms with van der Waals surface area (Å²) < 4.78 is 0. The maximum atomic E-state index is 11.5. The lowest BCUT2D eigenvalue weighted by atomic mass is 10.3. The first-order valence-electron chi connectivity index (χ1n) is 6.19. The highest BCUT2D eigenvalue weighted by Gasteiger charge is 2.12. The van der Waals surface area contributed by atoms with Crippen molar-refractivity contribution in [3.8, 4) is 0 Å². The van der Waals surface area contributed by atoms with Crippen molar-refractivity contribution in [1.82, 2.24) is 15.1 Å². The molecule has 0 spiro atoms. The molecule has 0 fully saturated rings. The van der Waals surface area contributed by atoms with Crippen molar-refractivity contribution in [2.75, 3.05) is 40.3 Å². The van der Waals surface area contributed by atoms with Crippen LogP contribution in [0.2, 0.25) is 0 Å². The molecule has 0 aromatic heterocycles. The zero-order valence-electron chi connectivity index (χ0n) is 11.8. The molecular formula is C12H25N3O3. The summed E-state index contributed by atoms with van der Waals surface area (Å²) in [7, 11) is 3.87. The highest BCUT2D eigenvalue weighted by atomic mass is 16.4. The van der Waals surface area contributed by atoms with Gasteiger partial charge in [-0.25, -0.2) is 0 Å². The number of amides is 1. The van der Waals surface area contributed by atoms with Gasteiger partial charge in [-0.2, -0.15) is 0 Å². The van der Waals surface area contributed by atoms with Crippen LogP contribution in [0.3, 0.4) is 0 Å². The molecule has 0 aliphatic heterocycles. The van der Waals surface area contributed by atoms with Gasteiger partial charge in [-0.15, -0.1) is 0 Å². The van der Waals surface area contributed by atoms with Gasteiger partial charge in [0.25, 0.3) is 0 Å². The topological polar surface area (TPSA) is 72.9 Å². The van der Waals surface area contributed by atoms with Crippen LogP contribution in [0.4, 0.5) is 0 Å². The molecule has 0 saturated heterocycles. The van der Waals surface area contributed by atoms with Gasteiger partial charge in [0.05, 0.1) is 6.54 Å². The molecule has 6 nitrogen and oxygen atoms in total. The van der Waals surface area contributed by atoms with E-state index >= 15 is 0 Å². The summed E-state index contributed by atoms with van der Waals surface area (Å²) in [5.74, 6) is -0.900. The zero-order chi connectivity index (χ0) is 14.1. The number of hydrogen-bond acceptors (Lipinski definition) is 4. The van der Waals surface area contributed by atoms with Crippen LogP contribution >= 0.6 is 0 Å². The number of carboxylic acids is 1. The number of hydrogen-bond donors (Lipinski definition) is 2. The number of aliphatic carboxylic acids is 1. The third-order valence-electron chi connectivity index (χ3n) is 2.33. The molecule has 106 valence electrons. The molecule has 0 atom stereocenters. The Bertz CT molecular complexity index is 267. The molecule has 1 amide bonds. The minimum Gasteiger partial charge on any atom is -0.480 e. The van der Waals surface area contributed by atoms with Crippen molar-refractivity contribution in [3.63, 3.8) is 0 Å².